The number of hydrogen-bond donors (Lipinski definition) is 0. The number of para-hydroxylation sites is 2. The van der Waals surface area contributed by atoms with Crippen molar-refractivity contribution >= 4 is 86.8 Å². The van der Waals surface area contributed by atoms with Gasteiger partial charge in [0.15, 0.2) is 0 Å². The predicted octanol–water partition coefficient (Wildman–Crippen LogP) is 16.9. The van der Waals surface area contributed by atoms with E-state index in [0.29, 0.717) is 0 Å². The Morgan fingerprint density at radius 2 is 0.984 bits per heavy atom. The molecule has 0 unspecified atom stereocenters. The highest BCUT2D eigenvalue weighted by atomic mass is 16.3. The zero-order valence-corrected chi connectivity index (χ0v) is 34.9. The molecule has 14 rings (SSSR count). The maximum atomic E-state index is 7.07. The smallest absolute Gasteiger partial charge is 0.142 e. The third kappa shape index (κ3) is 4.62. The molecule has 63 heavy (non-hydrogen) atoms. The van der Waals surface area contributed by atoms with Crippen LogP contribution in [0, 0.1) is 0 Å². The monoisotopic (exact) mass is 801 g/mol. The van der Waals surface area contributed by atoms with Gasteiger partial charge in [-0.15, -0.1) is 0 Å². The molecule has 0 saturated heterocycles. The second-order valence-electron chi connectivity index (χ2n) is 17.9. The highest BCUT2D eigenvalue weighted by Gasteiger charge is 2.41. The molecular formula is C61H39NO. The van der Waals surface area contributed by atoms with Gasteiger partial charge in [0, 0.05) is 32.5 Å². The van der Waals surface area contributed by atoms with E-state index in [0.717, 1.165) is 16.6 Å². The lowest BCUT2D eigenvalue weighted by molar-refractivity contribution is 0.620. The van der Waals surface area contributed by atoms with Crippen LogP contribution in [-0.4, -0.2) is 4.57 Å². The van der Waals surface area contributed by atoms with Crippen molar-refractivity contribution in [3.8, 4) is 39.1 Å². The standard InChI is InChI=1S/C61H39NO/c1-61(2)51-27-12-9-23-45(51)55-56-46-24-10-13-28-52(46)62(59(56)57-47-25-11-14-29-54(47)63-60(57)58(55)61)53-35-50-42-20-6-5-19-41(42)48(34-49(50)43-21-7-8-22-44(43)53)38-32-30-37(31-33-38)40-26-15-17-36-16-3-4-18-39(36)40/h3-35H,1-2H3. The summed E-state index contributed by atoms with van der Waals surface area (Å²) in [5, 5.41) is 14.8. The Hall–Kier alpha value is -7.94. The molecule has 2 nitrogen and oxygen atoms in total. The van der Waals surface area contributed by atoms with Gasteiger partial charge in [0.05, 0.1) is 22.1 Å². The van der Waals surface area contributed by atoms with E-state index in [4.69, 9.17) is 4.42 Å². The average Bonchev–Trinajstić information content (AvgIpc) is 3.96. The molecule has 2 heteroatoms. The molecule has 0 radical (unpaired) electrons. The van der Waals surface area contributed by atoms with Crippen LogP contribution in [0.25, 0.3) is 126 Å². The molecule has 0 spiro atoms. The molecule has 0 atom stereocenters. The first kappa shape index (κ1) is 34.7. The van der Waals surface area contributed by atoms with Crippen molar-refractivity contribution in [1.82, 2.24) is 4.57 Å². The number of hydrogen-bond acceptors (Lipinski definition) is 1. The topological polar surface area (TPSA) is 18.1 Å². The van der Waals surface area contributed by atoms with E-state index in [1.54, 1.807) is 0 Å². The van der Waals surface area contributed by atoms with Gasteiger partial charge in [0.2, 0.25) is 0 Å². The maximum absolute atomic E-state index is 7.07. The van der Waals surface area contributed by atoms with Crippen molar-refractivity contribution in [2.24, 2.45) is 0 Å². The van der Waals surface area contributed by atoms with Gasteiger partial charge in [-0.25, -0.2) is 0 Å². The minimum Gasteiger partial charge on any atom is -0.456 e. The summed E-state index contributed by atoms with van der Waals surface area (Å²) < 4.78 is 9.63. The molecule has 0 bridgehead atoms. The van der Waals surface area contributed by atoms with Crippen LogP contribution in [0.3, 0.4) is 0 Å². The summed E-state index contributed by atoms with van der Waals surface area (Å²) in [5.41, 5.74) is 15.3. The fourth-order valence-corrected chi connectivity index (χ4v) is 11.6. The molecule has 0 saturated carbocycles. The molecule has 1 aliphatic carbocycles. The molecule has 0 aliphatic heterocycles. The van der Waals surface area contributed by atoms with Gasteiger partial charge in [0.1, 0.15) is 11.2 Å². The summed E-state index contributed by atoms with van der Waals surface area (Å²) in [6.07, 6.45) is 0. The Bertz CT molecular complexity index is 4100. The summed E-state index contributed by atoms with van der Waals surface area (Å²) in [6, 6.07) is 73.9. The van der Waals surface area contributed by atoms with Crippen LogP contribution in [0.1, 0.15) is 25.0 Å². The normalized spacial score (nSPS) is 13.4. The Kier molecular flexibility index (Phi) is 6.93. The average molecular weight is 802 g/mol. The Balaban J connectivity index is 1.09. The lowest BCUT2D eigenvalue weighted by atomic mass is 9.81. The molecule has 0 amide bonds. The summed E-state index contributed by atoms with van der Waals surface area (Å²) in [4.78, 5) is 0. The van der Waals surface area contributed by atoms with Crippen LogP contribution >= 0.6 is 0 Å². The molecule has 13 aromatic rings. The van der Waals surface area contributed by atoms with Gasteiger partial charge < -0.3 is 8.98 Å². The van der Waals surface area contributed by atoms with Crippen molar-refractivity contribution < 1.29 is 4.42 Å². The predicted molar refractivity (Wildman–Crippen MR) is 267 cm³/mol. The van der Waals surface area contributed by atoms with Gasteiger partial charge in [-0.2, -0.15) is 0 Å². The highest BCUT2D eigenvalue weighted by molar-refractivity contribution is 6.32. The van der Waals surface area contributed by atoms with E-state index in [1.165, 1.54) is 120 Å². The minimum absolute atomic E-state index is 0.252. The van der Waals surface area contributed by atoms with Crippen LogP contribution < -0.4 is 0 Å². The van der Waals surface area contributed by atoms with Crippen molar-refractivity contribution in [3.63, 3.8) is 0 Å². The van der Waals surface area contributed by atoms with Crippen molar-refractivity contribution in [3.05, 3.63) is 211 Å². The summed E-state index contributed by atoms with van der Waals surface area (Å²) >= 11 is 0. The van der Waals surface area contributed by atoms with Crippen LogP contribution in [0.4, 0.5) is 0 Å². The van der Waals surface area contributed by atoms with Crippen LogP contribution in [0.15, 0.2) is 205 Å². The first-order valence-electron chi connectivity index (χ1n) is 22.0. The van der Waals surface area contributed by atoms with Gasteiger partial charge in [-0.3, -0.25) is 0 Å². The number of furan rings is 1. The van der Waals surface area contributed by atoms with Crippen LogP contribution in [-0.2, 0) is 5.41 Å². The number of fused-ring (bicyclic) bond motifs is 18. The second-order valence-corrected chi connectivity index (χ2v) is 17.9. The summed E-state index contributed by atoms with van der Waals surface area (Å²) in [6.45, 7) is 4.73. The van der Waals surface area contributed by atoms with Crippen molar-refractivity contribution in [1.29, 1.82) is 0 Å². The highest BCUT2D eigenvalue weighted by Crippen LogP contribution is 2.58. The number of aromatic nitrogens is 1. The van der Waals surface area contributed by atoms with E-state index in [2.05, 4.69) is 219 Å². The van der Waals surface area contributed by atoms with Crippen LogP contribution in [0.5, 0.6) is 0 Å². The van der Waals surface area contributed by atoms with E-state index in [-0.39, 0.29) is 5.41 Å². The zero-order chi connectivity index (χ0) is 41.6. The first-order valence-corrected chi connectivity index (χ1v) is 22.0. The molecule has 2 heterocycles. The fourth-order valence-electron chi connectivity index (χ4n) is 11.6. The number of benzene rings is 11. The van der Waals surface area contributed by atoms with Gasteiger partial charge in [-0.05, 0) is 101 Å². The molecule has 294 valence electrons. The van der Waals surface area contributed by atoms with E-state index >= 15 is 0 Å². The van der Waals surface area contributed by atoms with Gasteiger partial charge in [0.25, 0.3) is 0 Å². The van der Waals surface area contributed by atoms with E-state index in [9.17, 15) is 0 Å². The molecule has 11 aromatic carbocycles. The van der Waals surface area contributed by atoms with Crippen LogP contribution in [0.2, 0.25) is 0 Å². The Morgan fingerprint density at radius 1 is 0.413 bits per heavy atom. The Morgan fingerprint density at radius 3 is 1.79 bits per heavy atom. The van der Waals surface area contributed by atoms with E-state index < -0.39 is 0 Å². The molecule has 2 aromatic heterocycles. The minimum atomic E-state index is -0.252. The molecule has 0 N–H and O–H groups in total. The summed E-state index contributed by atoms with van der Waals surface area (Å²) in [5.74, 6) is 0. The van der Waals surface area contributed by atoms with Gasteiger partial charge in [-0.1, -0.05) is 190 Å². The zero-order valence-electron chi connectivity index (χ0n) is 34.9. The number of rotatable bonds is 3. The number of nitrogens with zero attached hydrogens (tertiary/aromatic N) is 1. The maximum Gasteiger partial charge on any atom is 0.142 e. The summed E-state index contributed by atoms with van der Waals surface area (Å²) in [7, 11) is 0. The Labute approximate surface area is 363 Å². The molecule has 0 fully saturated rings. The molecular weight excluding hydrogens is 763 g/mol. The van der Waals surface area contributed by atoms with Gasteiger partial charge >= 0.3 is 0 Å². The third-order valence-electron chi connectivity index (χ3n) is 14.3. The molecule has 1 aliphatic rings. The van der Waals surface area contributed by atoms with Crippen molar-refractivity contribution in [2.45, 2.75) is 19.3 Å². The largest absolute Gasteiger partial charge is 0.456 e. The second kappa shape index (κ2) is 12.6. The third-order valence-corrected chi connectivity index (χ3v) is 14.3. The SMILES string of the molecule is CC1(C)c2ccccc2-c2c1c1oc3ccccc3c1c1c2c2ccccc2n1-c1cc2c3ccccc3c(-c3ccc(-c4cccc5ccccc45)cc3)cc2c2ccccc12. The first-order chi connectivity index (χ1) is 31.0. The lowest BCUT2D eigenvalue weighted by Gasteiger charge is -2.22. The van der Waals surface area contributed by atoms with Crippen molar-refractivity contribution in [2.75, 3.05) is 0 Å². The quantitative estimate of drug-likeness (QED) is 0.163. The lowest BCUT2D eigenvalue weighted by Crippen LogP contribution is -2.15. The fraction of sp³-hybridized carbons (Fsp3) is 0.0492. The van der Waals surface area contributed by atoms with E-state index in [1.807, 2.05) is 0 Å².